The second-order valence-electron chi connectivity index (χ2n) is 10.8. The van der Waals surface area contributed by atoms with Gasteiger partial charge in [0.2, 0.25) is 0 Å². The zero-order valence-corrected chi connectivity index (χ0v) is 29.4. The van der Waals surface area contributed by atoms with Crippen molar-refractivity contribution in [1.29, 1.82) is 0 Å². The van der Waals surface area contributed by atoms with Crippen LogP contribution in [-0.2, 0) is 23.3 Å². The molecule has 0 atom stereocenters. The Hall–Kier alpha value is -2.80. The molecule has 0 nitrogen and oxygen atoms in total. The molecule has 0 saturated heterocycles. The van der Waals surface area contributed by atoms with E-state index in [2.05, 4.69) is 152 Å². The van der Waals surface area contributed by atoms with Crippen LogP contribution in [0.15, 0.2) is 103 Å². The summed E-state index contributed by atoms with van der Waals surface area (Å²) in [6.07, 6.45) is 0. The van der Waals surface area contributed by atoms with Gasteiger partial charge >= 0.3 is 30.2 Å². The molecule has 210 valence electrons. The van der Waals surface area contributed by atoms with Crippen LogP contribution in [0.4, 0.5) is 0 Å². The SMILES string of the molecule is Cc1cc(C)cc(-c2cccc3[cH-]c(C(C)C)cc23)c1.Cc1cc2c(-c3ccccc3)ccc(C)c2[cH-]1.[CH3-].[CH3-].[Si]=[Zr]. The predicted octanol–water partition coefficient (Wildman–Crippen LogP) is 11.3. The molecule has 0 amide bonds. The Morgan fingerprint density at radius 1 is 0.610 bits per heavy atom. The number of aryl methyl sites for hydroxylation is 4. The Balaban J connectivity index is 0.000000261. The molecule has 2 heteroatoms. The minimum absolute atomic E-state index is 0. The summed E-state index contributed by atoms with van der Waals surface area (Å²) in [7, 11) is 0. The first-order valence-electron chi connectivity index (χ1n) is 13.6. The van der Waals surface area contributed by atoms with Gasteiger partial charge < -0.3 is 14.9 Å². The van der Waals surface area contributed by atoms with Crippen molar-refractivity contribution in [2.75, 3.05) is 0 Å². The van der Waals surface area contributed by atoms with Crippen LogP contribution in [0.25, 0.3) is 43.8 Å². The van der Waals surface area contributed by atoms with Gasteiger partial charge in [0.15, 0.2) is 0 Å². The molecular weight excluding hydrogens is 588 g/mol. The van der Waals surface area contributed by atoms with Crippen molar-refractivity contribution in [2.24, 2.45) is 0 Å². The predicted molar refractivity (Wildman–Crippen MR) is 182 cm³/mol. The first kappa shape index (κ1) is 34.4. The van der Waals surface area contributed by atoms with Crippen LogP contribution in [0.3, 0.4) is 0 Å². The summed E-state index contributed by atoms with van der Waals surface area (Å²) in [5.41, 5.74) is 12.1. The van der Waals surface area contributed by atoms with E-state index in [1.165, 1.54) is 95.0 Å². The second-order valence-corrected chi connectivity index (χ2v) is 10.8. The molecule has 0 aliphatic rings. The molecule has 6 aromatic rings. The molecule has 0 saturated carbocycles. The van der Waals surface area contributed by atoms with Gasteiger partial charge in [0.25, 0.3) is 0 Å². The van der Waals surface area contributed by atoms with Crippen molar-refractivity contribution < 1.29 is 23.3 Å². The summed E-state index contributed by atoms with van der Waals surface area (Å²) in [5, 5.41) is 5.48. The van der Waals surface area contributed by atoms with Crippen molar-refractivity contribution in [1.82, 2.24) is 0 Å². The van der Waals surface area contributed by atoms with E-state index < -0.39 is 0 Å². The van der Waals surface area contributed by atoms with Crippen LogP contribution >= 0.6 is 0 Å². The summed E-state index contributed by atoms with van der Waals surface area (Å²) < 4.78 is 0. The molecule has 0 aliphatic carbocycles. The Morgan fingerprint density at radius 3 is 1.88 bits per heavy atom. The van der Waals surface area contributed by atoms with E-state index in [9.17, 15) is 0 Å². The standard InChI is InChI=1S/C20H21.C17H15.2CH3.Si.Zr/c1-13(2)17-11-16-6-5-7-19(20(16)12-17)18-9-14(3)8-15(4)10-18;1-12-10-16-13(2)8-9-15(17(16)11-12)14-6-4-3-5-7-14;;;;/h5-13H,1-4H3;3-11H,1-2H3;2*1H3;;/q4*-1;;. The second kappa shape index (κ2) is 15.4. The molecule has 0 aromatic heterocycles. The number of hydrogen-bond acceptors (Lipinski definition) is 0. The summed E-state index contributed by atoms with van der Waals surface area (Å²) >= 11 is 1.36. The Kier molecular flexibility index (Phi) is 13.0. The summed E-state index contributed by atoms with van der Waals surface area (Å²) in [6, 6.07) is 37.7. The molecule has 6 aromatic carbocycles. The average Bonchev–Trinajstić information content (AvgIpc) is 3.55. The van der Waals surface area contributed by atoms with Crippen LogP contribution in [0.1, 0.15) is 47.6 Å². The van der Waals surface area contributed by atoms with Crippen LogP contribution in [-0.4, -0.2) is 6.88 Å². The van der Waals surface area contributed by atoms with E-state index in [1.807, 2.05) is 0 Å². The Labute approximate surface area is 265 Å². The van der Waals surface area contributed by atoms with Crippen molar-refractivity contribution >= 4 is 28.4 Å². The fourth-order valence-electron chi connectivity index (χ4n) is 5.43. The van der Waals surface area contributed by atoms with E-state index in [0.29, 0.717) is 5.92 Å². The molecule has 0 fully saturated rings. The van der Waals surface area contributed by atoms with Gasteiger partial charge in [-0.05, 0) is 30.9 Å². The van der Waals surface area contributed by atoms with Crippen molar-refractivity contribution in [2.45, 2.75) is 47.5 Å². The van der Waals surface area contributed by atoms with Crippen molar-refractivity contribution in [3.8, 4) is 22.3 Å². The van der Waals surface area contributed by atoms with Crippen molar-refractivity contribution in [3.63, 3.8) is 0 Å². The number of hydrogen-bond donors (Lipinski definition) is 0. The van der Waals surface area contributed by atoms with E-state index in [4.69, 9.17) is 0 Å². The third-order valence-electron chi connectivity index (χ3n) is 7.31. The van der Waals surface area contributed by atoms with E-state index >= 15 is 0 Å². The van der Waals surface area contributed by atoms with Crippen LogP contribution in [0, 0.1) is 42.5 Å². The summed E-state index contributed by atoms with van der Waals surface area (Å²) in [5.74, 6) is 0.578. The molecule has 0 bridgehead atoms. The molecule has 6 rings (SSSR count). The first-order chi connectivity index (χ1) is 18.8. The minimum atomic E-state index is 0. The van der Waals surface area contributed by atoms with Gasteiger partial charge in [-0.15, -0.1) is 68.6 Å². The van der Waals surface area contributed by atoms with Crippen LogP contribution < -0.4 is 0 Å². The number of benzene rings is 4. The van der Waals surface area contributed by atoms with Gasteiger partial charge in [-0.3, -0.25) is 0 Å². The molecule has 0 N–H and O–H groups in total. The molecule has 2 radical (unpaired) electrons. The maximum absolute atomic E-state index is 3.06. The van der Waals surface area contributed by atoms with E-state index in [0.717, 1.165) is 0 Å². The van der Waals surface area contributed by atoms with Gasteiger partial charge in [-0.2, -0.15) is 12.1 Å². The van der Waals surface area contributed by atoms with E-state index in [1.54, 1.807) is 0 Å². The maximum atomic E-state index is 3.06. The summed E-state index contributed by atoms with van der Waals surface area (Å²) in [4.78, 5) is 0. The fourth-order valence-corrected chi connectivity index (χ4v) is 5.43. The molecule has 0 unspecified atom stereocenters. The van der Waals surface area contributed by atoms with E-state index in [-0.39, 0.29) is 14.9 Å². The monoisotopic (exact) mass is 628 g/mol. The first-order valence-corrected chi connectivity index (χ1v) is 17.7. The number of fused-ring (bicyclic) bond motifs is 2. The zero-order chi connectivity index (χ0) is 28.1. The molecule has 0 spiro atoms. The third-order valence-corrected chi connectivity index (χ3v) is 7.31. The van der Waals surface area contributed by atoms with Crippen LogP contribution in [0.2, 0.25) is 0 Å². The van der Waals surface area contributed by atoms with Gasteiger partial charge in [0, 0.05) is 0 Å². The van der Waals surface area contributed by atoms with Crippen molar-refractivity contribution in [3.05, 3.63) is 146 Å². The van der Waals surface area contributed by atoms with Gasteiger partial charge in [0.1, 0.15) is 0 Å². The van der Waals surface area contributed by atoms with Gasteiger partial charge in [0.05, 0.1) is 0 Å². The number of rotatable bonds is 3. The molecular formula is C39H42SiZr-4. The average molecular weight is 630 g/mol. The third kappa shape index (κ3) is 7.94. The quantitative estimate of drug-likeness (QED) is 0.135. The topological polar surface area (TPSA) is 0 Å². The van der Waals surface area contributed by atoms with Gasteiger partial charge in [-0.1, -0.05) is 111 Å². The fraction of sp³-hybridized carbons (Fsp3) is 0.179. The molecule has 0 heterocycles. The Morgan fingerprint density at radius 2 is 1.24 bits per heavy atom. The normalized spacial score (nSPS) is 10.2. The van der Waals surface area contributed by atoms with Gasteiger partial charge in [-0.25, -0.2) is 0 Å². The zero-order valence-electron chi connectivity index (χ0n) is 25.9. The summed E-state index contributed by atoms with van der Waals surface area (Å²) in [6.45, 7) is 16.2. The molecule has 41 heavy (non-hydrogen) atoms. The Bertz CT molecular complexity index is 1680. The van der Waals surface area contributed by atoms with Crippen LogP contribution in [0.5, 0.6) is 0 Å². The molecule has 0 aliphatic heterocycles.